The first-order chi connectivity index (χ1) is 7.74. The predicted molar refractivity (Wildman–Crippen MR) is 64.6 cm³/mol. The molecule has 0 radical (unpaired) electrons. The summed E-state index contributed by atoms with van der Waals surface area (Å²) in [6, 6.07) is 6.74. The minimum atomic E-state index is -0.159. The number of hydrogen-bond donors (Lipinski definition) is 1. The van der Waals surface area contributed by atoms with Crippen LogP contribution in [0, 0.1) is 17.7 Å². The third kappa shape index (κ3) is 3.31. The number of benzene rings is 1. The first kappa shape index (κ1) is 11.6. The zero-order valence-corrected chi connectivity index (χ0v) is 9.88. The Labute approximate surface area is 97.1 Å². The molecule has 88 valence electrons. The van der Waals surface area contributed by atoms with Gasteiger partial charge >= 0.3 is 0 Å². The lowest BCUT2D eigenvalue weighted by Crippen LogP contribution is -2.20. The molecule has 0 saturated heterocycles. The van der Waals surface area contributed by atoms with E-state index >= 15 is 0 Å². The fourth-order valence-electron chi connectivity index (χ4n) is 2.53. The zero-order chi connectivity index (χ0) is 11.4. The van der Waals surface area contributed by atoms with E-state index in [1.54, 1.807) is 0 Å². The average molecular weight is 221 g/mol. The van der Waals surface area contributed by atoms with E-state index in [4.69, 9.17) is 0 Å². The summed E-state index contributed by atoms with van der Waals surface area (Å²) in [7, 11) is 0. The lowest BCUT2D eigenvalue weighted by atomic mass is 10.1. The maximum Gasteiger partial charge on any atom is 0.123 e. The Morgan fingerprint density at radius 3 is 2.62 bits per heavy atom. The molecule has 1 aliphatic rings. The molecule has 0 spiro atoms. The lowest BCUT2D eigenvalue weighted by Gasteiger charge is -2.11. The molecule has 1 aromatic carbocycles. The van der Waals surface area contributed by atoms with Crippen LogP contribution in [0.5, 0.6) is 0 Å². The third-order valence-electron chi connectivity index (χ3n) is 3.48. The quantitative estimate of drug-likeness (QED) is 0.822. The van der Waals surface area contributed by atoms with Gasteiger partial charge in [0.25, 0.3) is 0 Å². The van der Waals surface area contributed by atoms with Crippen molar-refractivity contribution in [3.05, 3.63) is 35.6 Å². The minimum Gasteiger partial charge on any atom is -0.312 e. The van der Waals surface area contributed by atoms with E-state index in [1.807, 2.05) is 12.1 Å². The fraction of sp³-hybridized carbons (Fsp3) is 0.571. The summed E-state index contributed by atoms with van der Waals surface area (Å²) < 4.78 is 12.7. The van der Waals surface area contributed by atoms with Gasteiger partial charge in [-0.3, -0.25) is 0 Å². The second kappa shape index (κ2) is 5.44. The number of hydrogen-bond acceptors (Lipinski definition) is 1. The van der Waals surface area contributed by atoms with Gasteiger partial charge in [-0.25, -0.2) is 4.39 Å². The highest BCUT2D eigenvalue weighted by molar-refractivity contribution is 5.15. The Bertz CT molecular complexity index is 320. The Hall–Kier alpha value is -0.890. The first-order valence-electron chi connectivity index (χ1n) is 6.19. The molecule has 2 atom stereocenters. The van der Waals surface area contributed by atoms with Gasteiger partial charge in [0.2, 0.25) is 0 Å². The molecule has 2 heteroatoms. The fourth-order valence-corrected chi connectivity index (χ4v) is 2.53. The van der Waals surface area contributed by atoms with E-state index in [9.17, 15) is 4.39 Å². The van der Waals surface area contributed by atoms with Crippen LogP contribution in [0.2, 0.25) is 0 Å². The van der Waals surface area contributed by atoms with Gasteiger partial charge in [0, 0.05) is 6.54 Å². The van der Waals surface area contributed by atoms with Crippen molar-refractivity contribution >= 4 is 0 Å². The summed E-state index contributed by atoms with van der Waals surface area (Å²) in [5, 5.41) is 3.46. The van der Waals surface area contributed by atoms with Gasteiger partial charge in [0.15, 0.2) is 0 Å². The van der Waals surface area contributed by atoms with Crippen LogP contribution in [-0.2, 0) is 6.54 Å². The molecule has 0 aliphatic heterocycles. The SMILES string of the molecule is CC1CCC(CNCc2ccc(F)cc2)C1. The van der Waals surface area contributed by atoms with Crippen molar-refractivity contribution in [3.63, 3.8) is 0 Å². The molecule has 2 unspecified atom stereocenters. The standard InChI is InChI=1S/C14H20FN/c1-11-2-3-13(8-11)10-16-9-12-4-6-14(15)7-5-12/h4-7,11,13,16H,2-3,8-10H2,1H3. The molecule has 1 nitrogen and oxygen atoms in total. The summed E-state index contributed by atoms with van der Waals surface area (Å²) in [4.78, 5) is 0. The predicted octanol–water partition coefficient (Wildman–Crippen LogP) is 3.35. The summed E-state index contributed by atoms with van der Waals surface area (Å²) >= 11 is 0. The highest BCUT2D eigenvalue weighted by Gasteiger charge is 2.20. The second-order valence-electron chi connectivity index (χ2n) is 5.04. The normalized spacial score (nSPS) is 24.9. The van der Waals surface area contributed by atoms with Gasteiger partial charge in [0.1, 0.15) is 5.82 Å². The van der Waals surface area contributed by atoms with Crippen LogP contribution in [0.25, 0.3) is 0 Å². The third-order valence-corrected chi connectivity index (χ3v) is 3.48. The zero-order valence-electron chi connectivity index (χ0n) is 9.88. The molecule has 1 fully saturated rings. The summed E-state index contributed by atoms with van der Waals surface area (Å²) in [5.74, 6) is 1.58. The molecular weight excluding hydrogens is 201 g/mol. The summed E-state index contributed by atoms with van der Waals surface area (Å²) in [6.45, 7) is 4.28. The first-order valence-corrected chi connectivity index (χ1v) is 6.19. The molecular formula is C14H20FN. The van der Waals surface area contributed by atoms with E-state index in [-0.39, 0.29) is 5.82 Å². The van der Waals surface area contributed by atoms with Gasteiger partial charge in [-0.1, -0.05) is 25.5 Å². The van der Waals surface area contributed by atoms with Crippen molar-refractivity contribution in [2.24, 2.45) is 11.8 Å². The maximum absolute atomic E-state index is 12.7. The van der Waals surface area contributed by atoms with Gasteiger partial charge in [0.05, 0.1) is 0 Å². The van der Waals surface area contributed by atoms with Crippen molar-refractivity contribution < 1.29 is 4.39 Å². The molecule has 0 heterocycles. The van der Waals surface area contributed by atoms with Crippen molar-refractivity contribution in [1.29, 1.82) is 0 Å². The maximum atomic E-state index is 12.7. The van der Waals surface area contributed by atoms with Crippen LogP contribution in [0.3, 0.4) is 0 Å². The average Bonchev–Trinajstić information content (AvgIpc) is 2.67. The number of nitrogens with one attached hydrogen (secondary N) is 1. The van der Waals surface area contributed by atoms with Crippen LogP contribution < -0.4 is 5.32 Å². The molecule has 1 aliphatic carbocycles. The second-order valence-corrected chi connectivity index (χ2v) is 5.04. The largest absolute Gasteiger partial charge is 0.312 e. The van der Waals surface area contributed by atoms with E-state index in [0.29, 0.717) is 0 Å². The molecule has 16 heavy (non-hydrogen) atoms. The monoisotopic (exact) mass is 221 g/mol. The molecule has 0 bridgehead atoms. The van der Waals surface area contributed by atoms with Crippen LogP contribution in [0.1, 0.15) is 31.7 Å². The highest BCUT2D eigenvalue weighted by Crippen LogP contribution is 2.29. The Morgan fingerprint density at radius 2 is 2.00 bits per heavy atom. The van der Waals surface area contributed by atoms with Gasteiger partial charge in [-0.15, -0.1) is 0 Å². The smallest absolute Gasteiger partial charge is 0.123 e. The molecule has 1 aromatic rings. The topological polar surface area (TPSA) is 12.0 Å². The highest BCUT2D eigenvalue weighted by atomic mass is 19.1. The van der Waals surface area contributed by atoms with Crippen LogP contribution >= 0.6 is 0 Å². The Kier molecular flexibility index (Phi) is 3.94. The van der Waals surface area contributed by atoms with Crippen LogP contribution in [0.4, 0.5) is 4.39 Å². The van der Waals surface area contributed by atoms with E-state index in [2.05, 4.69) is 12.2 Å². The van der Waals surface area contributed by atoms with Crippen molar-refractivity contribution in [2.45, 2.75) is 32.7 Å². The Morgan fingerprint density at radius 1 is 1.25 bits per heavy atom. The van der Waals surface area contributed by atoms with Crippen molar-refractivity contribution in [1.82, 2.24) is 5.32 Å². The number of rotatable bonds is 4. The van der Waals surface area contributed by atoms with E-state index < -0.39 is 0 Å². The number of halogens is 1. The summed E-state index contributed by atoms with van der Waals surface area (Å²) in [5.41, 5.74) is 1.16. The molecule has 0 aromatic heterocycles. The minimum absolute atomic E-state index is 0.159. The molecule has 1 N–H and O–H groups in total. The molecule has 0 amide bonds. The van der Waals surface area contributed by atoms with E-state index in [1.165, 1.54) is 31.4 Å². The van der Waals surface area contributed by atoms with Crippen LogP contribution in [-0.4, -0.2) is 6.54 Å². The van der Waals surface area contributed by atoms with Gasteiger partial charge in [-0.05, 0) is 48.9 Å². The van der Waals surface area contributed by atoms with E-state index in [0.717, 1.165) is 30.5 Å². The molecule has 1 saturated carbocycles. The lowest BCUT2D eigenvalue weighted by molar-refractivity contribution is 0.470. The van der Waals surface area contributed by atoms with Crippen molar-refractivity contribution in [3.8, 4) is 0 Å². The molecule has 2 rings (SSSR count). The Balaban J connectivity index is 1.70. The van der Waals surface area contributed by atoms with Gasteiger partial charge < -0.3 is 5.32 Å². The van der Waals surface area contributed by atoms with Crippen LogP contribution in [0.15, 0.2) is 24.3 Å². The summed E-state index contributed by atoms with van der Waals surface area (Å²) in [6.07, 6.45) is 4.09. The van der Waals surface area contributed by atoms with Crippen molar-refractivity contribution in [2.75, 3.05) is 6.54 Å². The van der Waals surface area contributed by atoms with Gasteiger partial charge in [-0.2, -0.15) is 0 Å².